The van der Waals surface area contributed by atoms with Gasteiger partial charge in [-0.2, -0.15) is 0 Å². The second-order valence-corrected chi connectivity index (χ2v) is 5.58. The lowest BCUT2D eigenvalue weighted by atomic mass is 10.2. The number of anilines is 1. The minimum atomic E-state index is 0.373. The number of nitrogens with zero attached hydrogens (tertiary/aromatic N) is 2. The largest absolute Gasteiger partial charge is 0.377 e. The summed E-state index contributed by atoms with van der Waals surface area (Å²) in [5.74, 6) is 0. The molecule has 2 atom stereocenters. The van der Waals surface area contributed by atoms with E-state index in [1.807, 2.05) is 7.05 Å². The van der Waals surface area contributed by atoms with E-state index in [2.05, 4.69) is 31.0 Å². The summed E-state index contributed by atoms with van der Waals surface area (Å²) >= 11 is 1.80. The molecule has 1 saturated heterocycles. The van der Waals surface area contributed by atoms with E-state index in [1.54, 1.807) is 11.3 Å². The fraction of sp³-hybridized carbons (Fsp3) is 0.750. The number of hydrogen-bond acceptors (Lipinski definition) is 5. The minimum Gasteiger partial charge on any atom is -0.377 e. The third kappa shape index (κ3) is 2.61. The summed E-state index contributed by atoms with van der Waals surface area (Å²) in [6.07, 6.45) is 0. The molecule has 17 heavy (non-hydrogen) atoms. The van der Waals surface area contributed by atoms with Crippen molar-refractivity contribution in [2.24, 2.45) is 0 Å². The normalized spacial score (nSPS) is 22.8. The Hall–Kier alpha value is -0.650. The van der Waals surface area contributed by atoms with Crippen LogP contribution in [0.4, 0.5) is 5.13 Å². The average Bonchev–Trinajstić information content (AvgIpc) is 2.71. The van der Waals surface area contributed by atoms with Crippen LogP contribution in [0, 0.1) is 6.92 Å². The van der Waals surface area contributed by atoms with Crippen molar-refractivity contribution in [3.8, 4) is 0 Å². The second kappa shape index (κ2) is 5.33. The molecular weight excluding hydrogens is 234 g/mol. The Kier molecular flexibility index (Phi) is 4.01. The van der Waals surface area contributed by atoms with Crippen LogP contribution in [0.3, 0.4) is 0 Å². The van der Waals surface area contributed by atoms with Crippen LogP contribution in [-0.2, 0) is 4.74 Å². The van der Waals surface area contributed by atoms with E-state index in [0.29, 0.717) is 12.1 Å². The Labute approximate surface area is 107 Å². The maximum absolute atomic E-state index is 5.46. The van der Waals surface area contributed by atoms with E-state index in [9.17, 15) is 0 Å². The molecule has 0 aromatic carbocycles. The maximum Gasteiger partial charge on any atom is 0.186 e. The SMILES string of the molecule is CNC(C)c1sc(N2CCOCC2C)nc1C. The van der Waals surface area contributed by atoms with E-state index in [4.69, 9.17) is 9.72 Å². The van der Waals surface area contributed by atoms with Gasteiger partial charge in [-0.05, 0) is 27.8 Å². The zero-order chi connectivity index (χ0) is 12.4. The molecule has 96 valence electrons. The van der Waals surface area contributed by atoms with Crippen LogP contribution < -0.4 is 10.2 Å². The van der Waals surface area contributed by atoms with Gasteiger partial charge in [-0.3, -0.25) is 0 Å². The third-order valence-corrected chi connectivity index (χ3v) is 4.64. The summed E-state index contributed by atoms with van der Waals surface area (Å²) in [7, 11) is 1.99. The average molecular weight is 255 g/mol. The first-order valence-electron chi connectivity index (χ1n) is 6.12. The Morgan fingerprint density at radius 3 is 3.00 bits per heavy atom. The van der Waals surface area contributed by atoms with Crippen LogP contribution in [-0.4, -0.2) is 37.8 Å². The molecule has 0 aliphatic carbocycles. The molecule has 0 radical (unpaired) electrons. The number of rotatable bonds is 3. The van der Waals surface area contributed by atoms with Crippen LogP contribution in [0.15, 0.2) is 0 Å². The Balaban J connectivity index is 2.21. The molecule has 0 spiro atoms. The van der Waals surface area contributed by atoms with Crippen molar-refractivity contribution in [1.82, 2.24) is 10.3 Å². The first kappa shape index (κ1) is 12.8. The summed E-state index contributed by atoms with van der Waals surface area (Å²) in [6.45, 7) is 9.01. The summed E-state index contributed by atoms with van der Waals surface area (Å²) in [5, 5.41) is 4.41. The summed E-state index contributed by atoms with van der Waals surface area (Å²) in [6, 6.07) is 0.796. The fourth-order valence-electron chi connectivity index (χ4n) is 2.06. The lowest BCUT2D eigenvalue weighted by Crippen LogP contribution is -2.43. The van der Waals surface area contributed by atoms with Gasteiger partial charge in [-0.1, -0.05) is 0 Å². The van der Waals surface area contributed by atoms with Gasteiger partial charge in [0, 0.05) is 17.5 Å². The quantitative estimate of drug-likeness (QED) is 0.896. The highest BCUT2D eigenvalue weighted by molar-refractivity contribution is 7.15. The van der Waals surface area contributed by atoms with Gasteiger partial charge < -0.3 is 15.0 Å². The van der Waals surface area contributed by atoms with E-state index in [-0.39, 0.29) is 0 Å². The smallest absolute Gasteiger partial charge is 0.186 e. The number of hydrogen-bond donors (Lipinski definition) is 1. The van der Waals surface area contributed by atoms with Crippen LogP contribution in [0.1, 0.15) is 30.5 Å². The molecule has 2 unspecified atom stereocenters. The summed E-state index contributed by atoms with van der Waals surface area (Å²) in [4.78, 5) is 8.39. The molecule has 4 nitrogen and oxygen atoms in total. The number of aryl methyl sites for hydroxylation is 1. The first-order valence-corrected chi connectivity index (χ1v) is 6.94. The van der Waals surface area contributed by atoms with Gasteiger partial charge in [0.1, 0.15) is 0 Å². The van der Waals surface area contributed by atoms with Crippen LogP contribution in [0.5, 0.6) is 0 Å². The van der Waals surface area contributed by atoms with Crippen molar-refractivity contribution in [3.63, 3.8) is 0 Å². The van der Waals surface area contributed by atoms with Gasteiger partial charge in [0.2, 0.25) is 0 Å². The topological polar surface area (TPSA) is 37.4 Å². The Morgan fingerprint density at radius 1 is 1.59 bits per heavy atom. The van der Waals surface area contributed by atoms with Gasteiger partial charge in [-0.15, -0.1) is 11.3 Å². The van der Waals surface area contributed by atoms with Crippen LogP contribution >= 0.6 is 11.3 Å². The standard InChI is InChI=1S/C12H21N3OS/c1-8-7-16-6-5-15(8)12-14-10(3)11(17-12)9(2)13-4/h8-9,13H,5-7H2,1-4H3. The lowest BCUT2D eigenvalue weighted by molar-refractivity contribution is 0.0989. The molecule has 0 amide bonds. The Bertz CT molecular complexity index is 380. The van der Waals surface area contributed by atoms with Crippen molar-refractivity contribution in [2.45, 2.75) is 32.9 Å². The molecule has 2 heterocycles. The second-order valence-electron chi connectivity index (χ2n) is 4.57. The van der Waals surface area contributed by atoms with Crippen molar-refractivity contribution >= 4 is 16.5 Å². The molecule has 1 aliphatic rings. The molecule has 1 aromatic heterocycles. The lowest BCUT2D eigenvalue weighted by Gasteiger charge is -2.32. The van der Waals surface area contributed by atoms with E-state index in [1.165, 1.54) is 4.88 Å². The summed E-state index contributed by atoms with van der Waals surface area (Å²) in [5.41, 5.74) is 1.14. The number of morpholine rings is 1. The number of nitrogens with one attached hydrogen (secondary N) is 1. The summed E-state index contributed by atoms with van der Waals surface area (Å²) < 4.78 is 5.46. The number of thiazole rings is 1. The minimum absolute atomic E-state index is 0.373. The van der Waals surface area contributed by atoms with Crippen molar-refractivity contribution in [1.29, 1.82) is 0 Å². The van der Waals surface area contributed by atoms with E-state index in [0.717, 1.165) is 30.6 Å². The van der Waals surface area contributed by atoms with Gasteiger partial charge in [-0.25, -0.2) is 4.98 Å². The van der Waals surface area contributed by atoms with Gasteiger partial charge in [0.25, 0.3) is 0 Å². The highest BCUT2D eigenvalue weighted by atomic mass is 32.1. The van der Waals surface area contributed by atoms with Gasteiger partial charge in [0.05, 0.1) is 24.9 Å². The monoisotopic (exact) mass is 255 g/mol. The van der Waals surface area contributed by atoms with E-state index < -0.39 is 0 Å². The highest BCUT2D eigenvalue weighted by Gasteiger charge is 2.23. The van der Waals surface area contributed by atoms with Gasteiger partial charge >= 0.3 is 0 Å². The zero-order valence-corrected chi connectivity index (χ0v) is 11.8. The Morgan fingerprint density at radius 2 is 2.35 bits per heavy atom. The maximum atomic E-state index is 5.46. The van der Waals surface area contributed by atoms with Crippen molar-refractivity contribution in [2.75, 3.05) is 31.7 Å². The first-order chi connectivity index (χ1) is 8.13. The molecular formula is C12H21N3OS. The number of ether oxygens (including phenoxy) is 1. The molecule has 1 aromatic rings. The van der Waals surface area contributed by atoms with Crippen molar-refractivity contribution < 1.29 is 4.74 Å². The molecule has 0 saturated carbocycles. The molecule has 2 rings (SSSR count). The highest BCUT2D eigenvalue weighted by Crippen LogP contribution is 2.32. The third-order valence-electron chi connectivity index (χ3n) is 3.26. The fourth-order valence-corrected chi connectivity index (χ4v) is 3.32. The van der Waals surface area contributed by atoms with Crippen LogP contribution in [0.2, 0.25) is 0 Å². The predicted octanol–water partition coefficient (Wildman–Crippen LogP) is 1.96. The van der Waals surface area contributed by atoms with E-state index >= 15 is 0 Å². The molecule has 1 N–H and O–H groups in total. The van der Waals surface area contributed by atoms with Crippen LogP contribution in [0.25, 0.3) is 0 Å². The van der Waals surface area contributed by atoms with Gasteiger partial charge in [0.15, 0.2) is 5.13 Å². The number of aromatic nitrogens is 1. The van der Waals surface area contributed by atoms with Crippen molar-refractivity contribution in [3.05, 3.63) is 10.6 Å². The zero-order valence-electron chi connectivity index (χ0n) is 11.0. The molecule has 5 heteroatoms. The predicted molar refractivity (Wildman–Crippen MR) is 72.0 cm³/mol. The molecule has 0 bridgehead atoms. The molecule has 1 aliphatic heterocycles. The molecule has 1 fully saturated rings.